The molecule has 2 aliphatic carbocycles. The lowest BCUT2D eigenvalue weighted by atomic mass is 10.1. The van der Waals surface area contributed by atoms with E-state index in [0.29, 0.717) is 126 Å². The van der Waals surface area contributed by atoms with Crippen LogP contribution < -0.4 is 41.0 Å². The Morgan fingerprint density at radius 1 is 0.574 bits per heavy atom. The van der Waals surface area contributed by atoms with Crippen LogP contribution in [0.25, 0.3) is 21.6 Å². The van der Waals surface area contributed by atoms with Crippen LogP contribution in [0.4, 0.5) is 46.5 Å². The van der Waals surface area contributed by atoms with Crippen molar-refractivity contribution in [3.8, 4) is 52.1 Å². The number of nitriles is 2. The van der Waals surface area contributed by atoms with Crippen LogP contribution in [0.5, 0.6) is 29.3 Å². The molecule has 574 valence electrons. The normalized spacial score (nSPS) is 11.8. The third-order valence-corrected chi connectivity index (χ3v) is 18.6. The summed E-state index contributed by atoms with van der Waals surface area (Å²) in [6, 6.07) is 44.9. The molecule has 8 N–H and O–H groups in total. The number of hydrogen-bond donors (Lipinski definition) is 8. The van der Waals surface area contributed by atoms with E-state index in [-0.39, 0.29) is 12.0 Å². The maximum absolute atomic E-state index is 8.89. The van der Waals surface area contributed by atoms with E-state index in [1.54, 1.807) is 114 Å². The van der Waals surface area contributed by atoms with Crippen molar-refractivity contribution >= 4 is 92.1 Å². The van der Waals surface area contributed by atoms with E-state index in [0.717, 1.165) is 62.6 Å². The number of nitrogens with one attached hydrogen (secondary N) is 8. The molecule has 2 fully saturated rings. The van der Waals surface area contributed by atoms with Crippen molar-refractivity contribution in [2.24, 2.45) is 0 Å². The smallest absolute Gasteiger partial charge is 0.343 e. The predicted molar refractivity (Wildman–Crippen MR) is 423 cm³/mol. The Labute approximate surface area is 666 Å². The lowest BCUT2D eigenvalue weighted by Crippen LogP contribution is -2.14. The van der Waals surface area contributed by atoms with Crippen molar-refractivity contribution in [1.29, 1.82) is 10.5 Å². The van der Waals surface area contributed by atoms with Gasteiger partial charge in [-0.15, -0.1) is 57.2 Å². The zero-order chi connectivity index (χ0) is 79.2. The number of thiophene rings is 1. The van der Waals surface area contributed by atoms with Crippen LogP contribution in [0.15, 0.2) is 186 Å². The van der Waals surface area contributed by atoms with Gasteiger partial charge in [0.15, 0.2) is 58.2 Å². The number of aromatic nitrogens is 28. The molecular weight excluding hydrogens is 1530 g/mol. The topological polar surface area (TPSA) is 489 Å². The average Bonchev–Trinajstić information content (AvgIpc) is 1.67. The summed E-state index contributed by atoms with van der Waals surface area (Å²) in [4.78, 5) is 27.4. The Kier molecular flexibility index (Phi) is 24.8. The fourth-order valence-electron chi connectivity index (χ4n) is 10.4. The molecule has 0 amide bonds. The average molecular weight is 1590 g/mol. The number of hydrogen-bond acceptors (Lipinski definition) is 35. The molecule has 18 rings (SSSR count). The highest BCUT2D eigenvalue weighted by molar-refractivity contribution is 7.99. The summed E-state index contributed by atoms with van der Waals surface area (Å²) >= 11 is 9.01. The number of H-pyrrole nitrogens is 3. The number of methoxy groups -OCH3 is 1. The summed E-state index contributed by atoms with van der Waals surface area (Å²) in [7, 11) is 1.63. The molecule has 41 heteroatoms. The van der Waals surface area contributed by atoms with Gasteiger partial charge in [0.1, 0.15) is 45.7 Å². The van der Waals surface area contributed by atoms with Crippen LogP contribution >= 0.6 is 34.7 Å². The lowest BCUT2D eigenvalue weighted by molar-refractivity contribution is 0.413. The molecule has 0 radical (unpaired) electrons. The molecule has 0 unspecified atom stereocenters. The third kappa shape index (κ3) is 21.1. The first kappa shape index (κ1) is 76.7. The summed E-state index contributed by atoms with van der Waals surface area (Å²) < 4.78 is 16.3. The monoisotopic (exact) mass is 1590 g/mol. The molecular formula is C74H66ClN35O3S2. The van der Waals surface area contributed by atoms with Gasteiger partial charge in [-0.05, 0) is 166 Å². The van der Waals surface area contributed by atoms with Crippen molar-refractivity contribution in [1.82, 2.24) is 142 Å². The number of anilines is 8. The van der Waals surface area contributed by atoms with Gasteiger partial charge in [0.2, 0.25) is 5.16 Å². The SMILES string of the molecule is CCc1nnc(Cc2ccc(C#N)cc2)nc1Nc1n[nH]nc1C1CC1.COc1cccc(Sc2nnc(C)c(Nc3cn[nH]n3)n2)c1.Cc1n[nH]nc1Nc1cnnc(Oc2ccccc2Cl)n1.Cc1nnc(Oc2ccc(C#N)cc2)nc1Nn1ncc2ccccc21.c1csc(-c2nncc(Nn3cc(C4CC4)cn3)n2)c1. The number of aryl methyl sites for hydroxylation is 4. The maximum atomic E-state index is 8.89. The molecule has 11 heterocycles. The summed E-state index contributed by atoms with van der Waals surface area (Å²) in [5.74, 6) is 8.82. The van der Waals surface area contributed by atoms with E-state index in [2.05, 4.69) is 171 Å². The Bertz CT molecular complexity index is 5990. The van der Waals surface area contributed by atoms with Crippen LogP contribution in [0, 0.1) is 43.4 Å². The highest BCUT2D eigenvalue weighted by Gasteiger charge is 2.30. The second-order valence-electron chi connectivity index (χ2n) is 24.9. The number of benzene rings is 5. The molecule has 0 aliphatic heterocycles. The standard InChI is InChI=1S/C18H18N8.C18H13N7O.C13H13N7OS.C13H12N6S.C12H10ClN7O/c1-2-14-17(21-18-16(13-7-8-13)24-26-25-18)20-15(23-22-14)9-11-3-5-12(10-19)6-4-11;1-12-17(24-25-16-5-3-2-4-14(16)11-20-25)21-18(23-22-12)26-15-8-6-13(10-19)7-9-15;1-8-12(15-11-7-14-20-18-11)16-13(19-17-8)22-10-5-3-4-9(6-10)21-2;1-2-11(20-5-1)13-16-12(7-14-17-13)18-19-8-10(6-15-19)9-3-4-9;1-7-11(18-20-17-7)15-10-6-14-19-12(16-10)21-9-5-3-2-4-8(9)13/h3-6,13H,2,7-9H2,1H3,(H2,20,21,23,24,25,26);2-9,11H,1H3,(H,21,23,24);3-7H,1-2H3,(H2,14,15,16,18,19,20);1-2,5-9H,3-4H2,(H,16,17,18);2-6H,1H3,(H2,15,16,17,18,19,20). The predicted octanol–water partition coefficient (Wildman–Crippen LogP) is 12.9. The van der Waals surface area contributed by atoms with Gasteiger partial charge >= 0.3 is 12.0 Å². The molecule has 2 aliphatic rings. The molecule has 0 atom stereocenters. The lowest BCUT2D eigenvalue weighted by Gasteiger charge is -2.10. The Hall–Kier alpha value is -15.0. The highest BCUT2D eigenvalue weighted by Crippen LogP contribution is 2.42. The first-order chi connectivity index (χ1) is 56.3. The van der Waals surface area contributed by atoms with Crippen LogP contribution in [0.1, 0.15) is 101 Å². The summed E-state index contributed by atoms with van der Waals surface area (Å²) in [5, 5.41) is 112. The summed E-state index contributed by atoms with van der Waals surface area (Å²) in [6.07, 6.45) is 16.4. The second-order valence-corrected chi connectivity index (χ2v) is 27.3. The largest absolute Gasteiger partial charge is 0.497 e. The second kappa shape index (κ2) is 37.1. The van der Waals surface area contributed by atoms with Crippen LogP contribution in [-0.4, -0.2) is 149 Å². The van der Waals surface area contributed by atoms with Crippen molar-refractivity contribution in [2.45, 2.75) is 88.1 Å². The molecule has 5 aromatic carbocycles. The van der Waals surface area contributed by atoms with Crippen molar-refractivity contribution < 1.29 is 14.2 Å². The van der Waals surface area contributed by atoms with E-state index >= 15 is 0 Å². The highest BCUT2D eigenvalue weighted by atomic mass is 35.5. The first-order valence-corrected chi connectivity index (χ1v) is 37.4. The van der Waals surface area contributed by atoms with Gasteiger partial charge in [0.25, 0.3) is 0 Å². The molecule has 38 nitrogen and oxygen atoms in total. The molecule has 16 aromatic rings. The van der Waals surface area contributed by atoms with Crippen molar-refractivity contribution in [3.63, 3.8) is 0 Å². The third-order valence-electron chi connectivity index (χ3n) is 16.5. The minimum Gasteiger partial charge on any atom is -0.497 e. The number of nitrogens with zero attached hydrogens (tertiary/aromatic N) is 27. The maximum Gasteiger partial charge on any atom is 0.343 e. The Balaban J connectivity index is 0.000000119. The zero-order valence-electron chi connectivity index (χ0n) is 61.6. The fourth-order valence-corrected chi connectivity index (χ4v) is 11.9. The molecule has 2 saturated carbocycles. The van der Waals surface area contributed by atoms with E-state index in [9.17, 15) is 0 Å². The van der Waals surface area contributed by atoms with Crippen LogP contribution in [0.3, 0.4) is 0 Å². The fraction of sp³-hybridized carbons (Fsp3) is 0.176. The van der Waals surface area contributed by atoms with Crippen LogP contribution in [0.2, 0.25) is 5.02 Å². The quantitative estimate of drug-likeness (QED) is 0.0295. The molecule has 0 saturated heterocycles. The number of rotatable bonds is 23. The van der Waals surface area contributed by atoms with Gasteiger partial charge in [-0.3, -0.25) is 10.9 Å². The van der Waals surface area contributed by atoms with Gasteiger partial charge in [-0.1, -0.05) is 83.3 Å². The summed E-state index contributed by atoms with van der Waals surface area (Å²) in [6.45, 7) is 7.44. The van der Waals surface area contributed by atoms with Gasteiger partial charge in [0.05, 0.1) is 83.0 Å². The number of ether oxygens (including phenoxy) is 3. The zero-order valence-corrected chi connectivity index (χ0v) is 64.0. The van der Waals surface area contributed by atoms with E-state index in [1.807, 2.05) is 111 Å². The number of para-hydroxylation sites is 2. The van der Waals surface area contributed by atoms with Crippen LogP contribution in [-0.2, 0) is 12.8 Å². The molecule has 115 heavy (non-hydrogen) atoms. The Morgan fingerprint density at radius 3 is 2.08 bits per heavy atom. The van der Waals surface area contributed by atoms with Crippen molar-refractivity contribution in [2.75, 3.05) is 33.9 Å². The van der Waals surface area contributed by atoms with Gasteiger partial charge in [-0.2, -0.15) is 81.4 Å². The number of fused-ring (bicyclic) bond motifs is 1. The van der Waals surface area contributed by atoms with E-state index < -0.39 is 0 Å². The number of aromatic amines is 3. The van der Waals surface area contributed by atoms with Gasteiger partial charge in [0, 0.05) is 22.6 Å². The van der Waals surface area contributed by atoms with Crippen molar-refractivity contribution in [3.05, 3.63) is 238 Å². The van der Waals surface area contributed by atoms with Gasteiger partial charge in [-0.25, -0.2) is 15.0 Å². The van der Waals surface area contributed by atoms with E-state index in [1.165, 1.54) is 36.4 Å². The van der Waals surface area contributed by atoms with E-state index in [4.69, 9.17) is 36.3 Å². The molecule has 0 spiro atoms. The minimum absolute atomic E-state index is 0.0780. The molecule has 11 aromatic heterocycles. The minimum atomic E-state index is 0.0780. The summed E-state index contributed by atoms with van der Waals surface area (Å²) in [5.41, 5.74) is 14.4. The first-order valence-electron chi connectivity index (χ1n) is 35.3. The number of halogens is 1. The van der Waals surface area contributed by atoms with Gasteiger partial charge < -0.3 is 30.2 Å². The molecule has 0 bridgehead atoms. The Morgan fingerprint density at radius 2 is 1.32 bits per heavy atom.